The van der Waals surface area contributed by atoms with Crippen molar-refractivity contribution in [2.45, 2.75) is 26.3 Å². The van der Waals surface area contributed by atoms with Gasteiger partial charge in [-0.1, -0.05) is 29.8 Å². The van der Waals surface area contributed by atoms with Crippen LogP contribution in [0.2, 0.25) is 0 Å². The molecule has 2 amide bonds. The molecule has 0 bridgehead atoms. The molecule has 1 aromatic carbocycles. The Morgan fingerprint density at radius 3 is 2.83 bits per heavy atom. The zero-order valence-electron chi connectivity index (χ0n) is 13.7. The summed E-state index contributed by atoms with van der Waals surface area (Å²) in [4.78, 5) is 31.9. The fraction of sp³-hybridized carbons (Fsp3) is 0.389. The zero-order valence-corrected chi connectivity index (χ0v) is 14.5. The summed E-state index contributed by atoms with van der Waals surface area (Å²) in [5, 5.41) is 0.842. The van der Waals surface area contributed by atoms with Gasteiger partial charge in [0, 0.05) is 6.54 Å². The molecular formula is C18H19N3O2S. The first-order valence-corrected chi connectivity index (χ1v) is 8.92. The molecule has 6 heteroatoms. The van der Waals surface area contributed by atoms with E-state index in [1.165, 1.54) is 11.3 Å². The molecule has 2 N–H and O–H groups in total. The first-order valence-electron chi connectivity index (χ1n) is 8.10. The van der Waals surface area contributed by atoms with E-state index in [-0.39, 0.29) is 11.8 Å². The van der Waals surface area contributed by atoms with Crippen molar-refractivity contribution >= 4 is 23.2 Å². The van der Waals surface area contributed by atoms with E-state index in [0.29, 0.717) is 18.2 Å². The fourth-order valence-electron chi connectivity index (χ4n) is 3.73. The van der Waals surface area contributed by atoms with E-state index in [1.807, 2.05) is 32.0 Å². The summed E-state index contributed by atoms with van der Waals surface area (Å²) in [6.45, 7) is 4.53. The van der Waals surface area contributed by atoms with Crippen LogP contribution in [0, 0.1) is 25.7 Å². The van der Waals surface area contributed by atoms with Crippen LogP contribution >= 0.6 is 11.3 Å². The number of fused-ring (bicyclic) bond motifs is 1. The van der Waals surface area contributed by atoms with Crippen LogP contribution < -0.4 is 5.73 Å². The number of carbonyl (C=O) groups is 2. The second kappa shape index (κ2) is 5.41. The molecule has 4 rings (SSSR count). The fourth-order valence-corrected chi connectivity index (χ4v) is 4.64. The number of rotatable bonds is 3. The molecule has 5 nitrogen and oxygen atoms in total. The molecule has 1 saturated carbocycles. The lowest BCUT2D eigenvalue weighted by Crippen LogP contribution is -2.46. The van der Waals surface area contributed by atoms with Gasteiger partial charge in [0.25, 0.3) is 5.91 Å². The van der Waals surface area contributed by atoms with Gasteiger partial charge in [-0.05, 0) is 37.7 Å². The number of hydrogen-bond acceptors (Lipinski definition) is 4. The van der Waals surface area contributed by atoms with Gasteiger partial charge >= 0.3 is 0 Å². The van der Waals surface area contributed by atoms with Crippen molar-refractivity contribution in [1.82, 2.24) is 9.88 Å². The topological polar surface area (TPSA) is 76.3 Å². The Labute approximate surface area is 144 Å². The van der Waals surface area contributed by atoms with E-state index in [4.69, 9.17) is 5.73 Å². The summed E-state index contributed by atoms with van der Waals surface area (Å²) in [6, 6.07) is 7.57. The van der Waals surface area contributed by atoms with Gasteiger partial charge in [-0.15, -0.1) is 11.3 Å². The third-order valence-electron chi connectivity index (χ3n) is 4.92. The molecule has 1 aliphatic heterocycles. The van der Waals surface area contributed by atoms with Gasteiger partial charge in [-0.3, -0.25) is 9.59 Å². The highest BCUT2D eigenvalue weighted by atomic mass is 32.1. The number of hydrogen-bond donors (Lipinski definition) is 1. The van der Waals surface area contributed by atoms with Gasteiger partial charge in [0.1, 0.15) is 11.7 Å². The molecule has 3 atom stereocenters. The number of primary amides is 1. The molecule has 1 aliphatic carbocycles. The van der Waals surface area contributed by atoms with Gasteiger partial charge in [0.05, 0.1) is 9.88 Å². The van der Waals surface area contributed by atoms with Gasteiger partial charge < -0.3 is 10.6 Å². The van der Waals surface area contributed by atoms with E-state index in [2.05, 4.69) is 11.1 Å². The Kier molecular flexibility index (Phi) is 3.46. The number of amides is 2. The first-order chi connectivity index (χ1) is 11.5. The number of nitrogens with zero attached hydrogens (tertiary/aromatic N) is 2. The van der Waals surface area contributed by atoms with Crippen LogP contribution in [0.3, 0.4) is 0 Å². The number of aryl methyl sites for hydroxylation is 2. The molecule has 2 aliphatic rings. The minimum absolute atomic E-state index is 0.174. The number of nitrogens with two attached hydrogens (primary N) is 1. The Morgan fingerprint density at radius 1 is 1.33 bits per heavy atom. The normalized spacial score (nSPS) is 24.8. The predicted molar refractivity (Wildman–Crippen MR) is 92.6 cm³/mol. The molecule has 0 radical (unpaired) electrons. The monoisotopic (exact) mass is 341 g/mol. The highest BCUT2D eigenvalue weighted by Gasteiger charge is 2.56. The van der Waals surface area contributed by atoms with Crippen molar-refractivity contribution in [1.29, 1.82) is 0 Å². The lowest BCUT2D eigenvalue weighted by atomic mass is 10.1. The quantitative estimate of drug-likeness (QED) is 0.931. The summed E-state index contributed by atoms with van der Waals surface area (Å²) in [5.74, 6) is 0.0893. The molecule has 0 unspecified atom stereocenters. The lowest BCUT2D eigenvalue weighted by Gasteiger charge is -2.24. The Bertz CT molecular complexity index is 845. The molecule has 1 aromatic heterocycles. The minimum Gasteiger partial charge on any atom is -0.368 e. The second-order valence-corrected chi connectivity index (χ2v) is 7.95. The van der Waals surface area contributed by atoms with Crippen LogP contribution in [0.5, 0.6) is 0 Å². The van der Waals surface area contributed by atoms with Crippen molar-refractivity contribution in [3.05, 3.63) is 40.5 Å². The molecule has 2 fully saturated rings. The number of piperidine rings is 1. The van der Waals surface area contributed by atoms with E-state index in [9.17, 15) is 9.59 Å². The van der Waals surface area contributed by atoms with E-state index in [0.717, 1.165) is 27.4 Å². The Balaban J connectivity index is 1.72. The maximum atomic E-state index is 13.1. The van der Waals surface area contributed by atoms with Crippen LogP contribution in [0.25, 0.3) is 10.4 Å². The smallest absolute Gasteiger partial charge is 0.274 e. The maximum Gasteiger partial charge on any atom is 0.274 e. The summed E-state index contributed by atoms with van der Waals surface area (Å²) < 4.78 is 0. The van der Waals surface area contributed by atoms with E-state index >= 15 is 0 Å². The van der Waals surface area contributed by atoms with Crippen molar-refractivity contribution in [2.75, 3.05) is 6.54 Å². The third kappa shape index (κ3) is 2.41. The third-order valence-corrected chi connectivity index (χ3v) is 5.94. The SMILES string of the molecule is Cc1cccc(-c2sc(C)nc2C(=O)N2C[C@H]3C[C@H]3[C@H]2C(N)=O)c1. The Morgan fingerprint density at radius 2 is 2.12 bits per heavy atom. The number of benzene rings is 1. The van der Waals surface area contributed by atoms with Crippen molar-refractivity contribution in [3.63, 3.8) is 0 Å². The van der Waals surface area contributed by atoms with Crippen LogP contribution in [0.4, 0.5) is 0 Å². The molecule has 2 aromatic rings. The highest BCUT2D eigenvalue weighted by Crippen LogP contribution is 2.50. The number of carbonyl (C=O) groups excluding carboxylic acids is 2. The van der Waals surface area contributed by atoms with Crippen LogP contribution in [0.1, 0.15) is 27.5 Å². The largest absolute Gasteiger partial charge is 0.368 e. The predicted octanol–water partition coefficient (Wildman–Crippen LogP) is 2.37. The van der Waals surface area contributed by atoms with E-state index in [1.54, 1.807) is 4.90 Å². The standard InChI is InChI=1S/C18H19N3O2S/c1-9-4-3-5-11(6-9)16-14(20-10(2)24-16)18(23)21-8-12-7-13(12)15(21)17(19)22/h3-6,12-13,15H,7-8H2,1-2H3,(H2,19,22)/t12-,13-,15+/m1/s1. The number of aromatic nitrogens is 1. The van der Waals surface area contributed by atoms with Gasteiger partial charge in [0.15, 0.2) is 0 Å². The lowest BCUT2D eigenvalue weighted by molar-refractivity contribution is -0.122. The number of likely N-dealkylation sites (tertiary alicyclic amines) is 1. The molecular weight excluding hydrogens is 322 g/mol. The van der Waals surface area contributed by atoms with Crippen LogP contribution in [-0.2, 0) is 4.79 Å². The first kappa shape index (κ1) is 15.3. The summed E-state index contributed by atoms with van der Waals surface area (Å²) in [6.07, 6.45) is 0.998. The Hall–Kier alpha value is -2.21. The molecule has 1 saturated heterocycles. The molecule has 2 heterocycles. The van der Waals surface area contributed by atoms with Gasteiger partial charge in [-0.2, -0.15) is 0 Å². The highest BCUT2D eigenvalue weighted by molar-refractivity contribution is 7.15. The van der Waals surface area contributed by atoms with Crippen molar-refractivity contribution < 1.29 is 9.59 Å². The number of thiazole rings is 1. The minimum atomic E-state index is -0.477. The maximum absolute atomic E-state index is 13.1. The van der Waals surface area contributed by atoms with Crippen LogP contribution in [0.15, 0.2) is 24.3 Å². The molecule has 124 valence electrons. The molecule has 0 spiro atoms. The van der Waals surface area contributed by atoms with Crippen LogP contribution in [-0.4, -0.2) is 34.3 Å². The second-order valence-electron chi connectivity index (χ2n) is 6.74. The molecule has 24 heavy (non-hydrogen) atoms. The van der Waals surface area contributed by atoms with Crippen molar-refractivity contribution in [3.8, 4) is 10.4 Å². The average Bonchev–Trinajstić information content (AvgIpc) is 3.01. The summed E-state index contributed by atoms with van der Waals surface area (Å²) in [5.41, 5.74) is 8.11. The van der Waals surface area contributed by atoms with E-state index < -0.39 is 11.9 Å². The summed E-state index contributed by atoms with van der Waals surface area (Å²) >= 11 is 1.51. The van der Waals surface area contributed by atoms with Crippen molar-refractivity contribution in [2.24, 2.45) is 17.6 Å². The van der Waals surface area contributed by atoms with Gasteiger partial charge in [0.2, 0.25) is 5.91 Å². The average molecular weight is 341 g/mol. The summed E-state index contributed by atoms with van der Waals surface area (Å²) in [7, 11) is 0. The zero-order chi connectivity index (χ0) is 17.0. The van der Waals surface area contributed by atoms with Gasteiger partial charge in [-0.25, -0.2) is 4.98 Å².